The van der Waals surface area contributed by atoms with E-state index in [1.54, 1.807) is 25.1 Å². The Balaban J connectivity index is 2.88. The molecule has 96 valence electrons. The largest absolute Gasteiger partial charge is 0.469 e. The van der Waals surface area contributed by atoms with Crippen molar-refractivity contribution >= 4 is 23.3 Å². The van der Waals surface area contributed by atoms with Gasteiger partial charge in [-0.1, -0.05) is 11.6 Å². The van der Waals surface area contributed by atoms with Crippen LogP contribution in [0.15, 0.2) is 18.2 Å². The molecule has 0 aliphatic carbocycles. The fraction of sp³-hybridized carbons (Fsp3) is 0.385. The van der Waals surface area contributed by atoms with Gasteiger partial charge in [-0.3, -0.25) is 4.79 Å². The Morgan fingerprint density at radius 1 is 1.50 bits per heavy atom. The standard InChI is InChI=1S/C13H15ClN2O2/c1-8(13(17)18-3)9(2)16-12-6-11(14)5-4-10(12)7-15/h4-6,8-9,16H,1-3H3. The van der Waals surface area contributed by atoms with E-state index in [-0.39, 0.29) is 17.9 Å². The van der Waals surface area contributed by atoms with E-state index in [9.17, 15) is 4.79 Å². The molecule has 2 unspecified atom stereocenters. The van der Waals surface area contributed by atoms with Crippen LogP contribution in [0.2, 0.25) is 5.02 Å². The molecule has 0 fully saturated rings. The molecule has 1 N–H and O–H groups in total. The Bertz CT molecular complexity index is 482. The first-order valence-corrected chi connectivity index (χ1v) is 5.91. The highest BCUT2D eigenvalue weighted by atomic mass is 35.5. The molecular weight excluding hydrogens is 252 g/mol. The lowest BCUT2D eigenvalue weighted by atomic mass is 10.0. The van der Waals surface area contributed by atoms with Crippen LogP contribution >= 0.6 is 11.6 Å². The van der Waals surface area contributed by atoms with Crippen molar-refractivity contribution in [1.82, 2.24) is 0 Å². The minimum absolute atomic E-state index is 0.164. The van der Waals surface area contributed by atoms with Gasteiger partial charge < -0.3 is 10.1 Å². The monoisotopic (exact) mass is 266 g/mol. The number of nitriles is 1. The van der Waals surface area contributed by atoms with Gasteiger partial charge in [0.1, 0.15) is 6.07 Å². The topological polar surface area (TPSA) is 62.1 Å². The van der Waals surface area contributed by atoms with Crippen molar-refractivity contribution in [3.05, 3.63) is 28.8 Å². The molecule has 4 nitrogen and oxygen atoms in total. The molecule has 2 atom stereocenters. The average molecular weight is 267 g/mol. The van der Waals surface area contributed by atoms with Gasteiger partial charge >= 0.3 is 5.97 Å². The second-order valence-electron chi connectivity index (χ2n) is 4.05. The molecule has 18 heavy (non-hydrogen) atoms. The molecule has 0 saturated heterocycles. The highest BCUT2D eigenvalue weighted by Gasteiger charge is 2.21. The minimum atomic E-state index is -0.319. The lowest BCUT2D eigenvalue weighted by Crippen LogP contribution is -2.31. The number of benzene rings is 1. The first kappa shape index (κ1) is 14.3. The third-order valence-electron chi connectivity index (χ3n) is 2.81. The van der Waals surface area contributed by atoms with Gasteiger partial charge in [-0.05, 0) is 32.0 Å². The quantitative estimate of drug-likeness (QED) is 0.851. The van der Waals surface area contributed by atoms with Crippen LogP contribution in [0, 0.1) is 17.2 Å². The average Bonchev–Trinajstić information content (AvgIpc) is 2.37. The van der Waals surface area contributed by atoms with Gasteiger partial charge in [-0.2, -0.15) is 5.26 Å². The molecule has 0 aliphatic rings. The van der Waals surface area contributed by atoms with Crippen molar-refractivity contribution in [1.29, 1.82) is 5.26 Å². The number of carbonyl (C=O) groups excluding carboxylic acids is 1. The van der Waals surface area contributed by atoms with Gasteiger partial charge in [-0.15, -0.1) is 0 Å². The Morgan fingerprint density at radius 2 is 2.17 bits per heavy atom. The summed E-state index contributed by atoms with van der Waals surface area (Å²) in [5.74, 6) is -0.615. The van der Waals surface area contributed by atoms with Crippen molar-refractivity contribution in [3.63, 3.8) is 0 Å². The number of halogens is 1. The molecular formula is C13H15ClN2O2. The van der Waals surface area contributed by atoms with Crippen LogP contribution in [0.5, 0.6) is 0 Å². The van der Waals surface area contributed by atoms with Crippen LogP contribution in [0.1, 0.15) is 19.4 Å². The summed E-state index contributed by atoms with van der Waals surface area (Å²) < 4.78 is 4.68. The van der Waals surface area contributed by atoms with E-state index in [2.05, 4.69) is 16.1 Å². The smallest absolute Gasteiger partial charge is 0.310 e. The van der Waals surface area contributed by atoms with E-state index in [0.29, 0.717) is 16.3 Å². The highest BCUT2D eigenvalue weighted by Crippen LogP contribution is 2.22. The zero-order chi connectivity index (χ0) is 13.7. The zero-order valence-electron chi connectivity index (χ0n) is 10.5. The summed E-state index contributed by atoms with van der Waals surface area (Å²) in [5, 5.41) is 12.6. The molecule has 0 aromatic heterocycles. The molecule has 0 spiro atoms. The number of anilines is 1. The summed E-state index contributed by atoms with van der Waals surface area (Å²) in [7, 11) is 1.35. The predicted molar refractivity (Wildman–Crippen MR) is 70.4 cm³/mol. The summed E-state index contributed by atoms with van der Waals surface area (Å²) in [5.41, 5.74) is 1.11. The number of ether oxygens (including phenoxy) is 1. The van der Waals surface area contributed by atoms with Crippen LogP contribution in [-0.2, 0) is 9.53 Å². The summed E-state index contributed by atoms with van der Waals surface area (Å²) in [6, 6.07) is 6.87. The van der Waals surface area contributed by atoms with E-state index in [1.165, 1.54) is 7.11 Å². The maximum absolute atomic E-state index is 11.4. The molecule has 1 aromatic rings. The number of carbonyl (C=O) groups is 1. The van der Waals surface area contributed by atoms with Crippen LogP contribution in [0.3, 0.4) is 0 Å². The number of hydrogen-bond acceptors (Lipinski definition) is 4. The molecule has 0 heterocycles. The number of hydrogen-bond donors (Lipinski definition) is 1. The number of esters is 1. The fourth-order valence-electron chi connectivity index (χ4n) is 1.49. The van der Waals surface area contributed by atoms with Gasteiger partial charge in [-0.25, -0.2) is 0 Å². The summed E-state index contributed by atoms with van der Waals surface area (Å²) >= 11 is 5.89. The Kier molecular flexibility index (Phi) is 4.99. The summed E-state index contributed by atoms with van der Waals surface area (Å²) in [4.78, 5) is 11.4. The van der Waals surface area contributed by atoms with Crippen molar-refractivity contribution < 1.29 is 9.53 Å². The lowest BCUT2D eigenvalue weighted by Gasteiger charge is -2.21. The maximum Gasteiger partial charge on any atom is 0.310 e. The van der Waals surface area contributed by atoms with Crippen LogP contribution in [0.25, 0.3) is 0 Å². The van der Waals surface area contributed by atoms with Crippen molar-refractivity contribution in [3.8, 4) is 6.07 Å². The van der Waals surface area contributed by atoms with Gasteiger partial charge in [0.15, 0.2) is 0 Å². The fourth-order valence-corrected chi connectivity index (χ4v) is 1.67. The van der Waals surface area contributed by atoms with E-state index in [1.807, 2.05) is 6.92 Å². The molecule has 0 radical (unpaired) electrons. The van der Waals surface area contributed by atoms with Gasteiger partial charge in [0.2, 0.25) is 0 Å². The number of rotatable bonds is 4. The highest BCUT2D eigenvalue weighted by molar-refractivity contribution is 6.30. The third kappa shape index (κ3) is 3.38. The van der Waals surface area contributed by atoms with Crippen LogP contribution in [0.4, 0.5) is 5.69 Å². The van der Waals surface area contributed by atoms with E-state index < -0.39 is 0 Å². The minimum Gasteiger partial charge on any atom is -0.469 e. The summed E-state index contributed by atoms with van der Waals surface area (Å²) in [6.07, 6.45) is 0. The Hall–Kier alpha value is -1.73. The molecule has 0 amide bonds. The zero-order valence-corrected chi connectivity index (χ0v) is 11.3. The number of nitrogens with zero attached hydrogens (tertiary/aromatic N) is 1. The lowest BCUT2D eigenvalue weighted by molar-refractivity contribution is -0.145. The van der Waals surface area contributed by atoms with Gasteiger partial charge in [0.05, 0.1) is 24.3 Å². The normalized spacial score (nSPS) is 13.3. The van der Waals surface area contributed by atoms with E-state index in [0.717, 1.165) is 0 Å². The Labute approximate surface area is 112 Å². The SMILES string of the molecule is COC(=O)C(C)C(C)Nc1cc(Cl)ccc1C#N. The van der Waals surface area contributed by atoms with Gasteiger partial charge in [0, 0.05) is 11.1 Å². The van der Waals surface area contributed by atoms with Gasteiger partial charge in [0.25, 0.3) is 0 Å². The second-order valence-corrected chi connectivity index (χ2v) is 4.48. The number of methoxy groups -OCH3 is 1. The summed E-state index contributed by atoms with van der Waals surface area (Å²) in [6.45, 7) is 3.61. The van der Waals surface area contributed by atoms with E-state index in [4.69, 9.17) is 16.9 Å². The predicted octanol–water partition coefficient (Wildman–Crippen LogP) is 2.82. The third-order valence-corrected chi connectivity index (χ3v) is 3.04. The number of nitrogens with one attached hydrogen (secondary N) is 1. The molecule has 1 aromatic carbocycles. The second kappa shape index (κ2) is 6.27. The molecule has 0 bridgehead atoms. The van der Waals surface area contributed by atoms with E-state index >= 15 is 0 Å². The molecule has 0 saturated carbocycles. The first-order chi connectivity index (χ1) is 8.49. The maximum atomic E-state index is 11.4. The van der Waals surface area contributed by atoms with Crippen molar-refractivity contribution in [2.24, 2.45) is 5.92 Å². The molecule has 1 rings (SSSR count). The molecule has 5 heteroatoms. The first-order valence-electron chi connectivity index (χ1n) is 5.53. The Morgan fingerprint density at radius 3 is 2.72 bits per heavy atom. The van der Waals surface area contributed by atoms with Crippen LogP contribution < -0.4 is 5.32 Å². The van der Waals surface area contributed by atoms with Crippen molar-refractivity contribution in [2.75, 3.05) is 12.4 Å². The molecule has 0 aliphatic heterocycles. The van der Waals surface area contributed by atoms with Crippen molar-refractivity contribution in [2.45, 2.75) is 19.9 Å². The van der Waals surface area contributed by atoms with Crippen LogP contribution in [-0.4, -0.2) is 19.1 Å².